The van der Waals surface area contributed by atoms with Gasteiger partial charge in [-0.2, -0.15) is 0 Å². The fourth-order valence-corrected chi connectivity index (χ4v) is 1.73. The number of carboxylic acids is 1. The van der Waals surface area contributed by atoms with Gasteiger partial charge < -0.3 is 10.4 Å². The average Bonchev–Trinajstić information content (AvgIpc) is 2.31. The molecule has 5 nitrogen and oxygen atoms in total. The van der Waals surface area contributed by atoms with Crippen LogP contribution in [0.4, 0.5) is 10.2 Å². The van der Waals surface area contributed by atoms with Crippen molar-refractivity contribution >= 4 is 11.8 Å². The molecule has 100 valence electrons. The van der Waals surface area contributed by atoms with Gasteiger partial charge in [-0.25, -0.2) is 14.4 Å². The van der Waals surface area contributed by atoms with Crippen molar-refractivity contribution in [2.24, 2.45) is 0 Å². The summed E-state index contributed by atoms with van der Waals surface area (Å²) in [6.45, 7) is 3.75. The second-order valence-electron chi connectivity index (χ2n) is 4.06. The number of anilines is 1. The van der Waals surface area contributed by atoms with Gasteiger partial charge in [0.2, 0.25) is 0 Å². The quantitative estimate of drug-likeness (QED) is 0.781. The lowest BCUT2D eigenvalue weighted by atomic mass is 10.1. The summed E-state index contributed by atoms with van der Waals surface area (Å²) in [5, 5.41) is 11.6. The molecule has 0 aliphatic rings. The molecule has 0 amide bonds. The third kappa shape index (κ3) is 3.94. The zero-order valence-corrected chi connectivity index (χ0v) is 10.6. The van der Waals surface area contributed by atoms with Crippen LogP contribution in [0.1, 0.15) is 38.8 Å². The van der Waals surface area contributed by atoms with E-state index in [0.29, 0.717) is 18.5 Å². The summed E-state index contributed by atoms with van der Waals surface area (Å²) in [5.41, 5.74) is 0.332. The number of aryl methyl sites for hydroxylation is 1. The summed E-state index contributed by atoms with van der Waals surface area (Å²) in [6, 6.07) is -0.318. The first kappa shape index (κ1) is 14.3. The van der Waals surface area contributed by atoms with E-state index in [1.807, 2.05) is 6.92 Å². The van der Waals surface area contributed by atoms with Gasteiger partial charge in [-0.1, -0.05) is 20.3 Å². The number of nitrogens with zero attached hydrogens (tertiary/aromatic N) is 2. The third-order valence-electron chi connectivity index (χ3n) is 2.60. The van der Waals surface area contributed by atoms with Crippen LogP contribution in [0.25, 0.3) is 0 Å². The van der Waals surface area contributed by atoms with E-state index >= 15 is 0 Å². The van der Waals surface area contributed by atoms with Crippen LogP contribution in [0.15, 0.2) is 6.33 Å². The molecule has 0 aliphatic heterocycles. The topological polar surface area (TPSA) is 75.1 Å². The summed E-state index contributed by atoms with van der Waals surface area (Å²) in [7, 11) is 0. The molecule has 1 unspecified atom stereocenters. The highest BCUT2D eigenvalue weighted by molar-refractivity contribution is 5.68. The van der Waals surface area contributed by atoms with E-state index in [4.69, 9.17) is 5.11 Å². The number of aliphatic carboxylic acids is 1. The molecular formula is C12H18FN3O2. The first-order valence-corrected chi connectivity index (χ1v) is 6.06. The van der Waals surface area contributed by atoms with Crippen LogP contribution in [0.2, 0.25) is 0 Å². The standard InChI is InChI=1S/C12H18FN3O2/c1-3-5-8(6-10(17)18)16-12-11(13)9(4-2)14-7-15-12/h7-8H,3-6H2,1-2H3,(H,17,18)(H,14,15,16). The van der Waals surface area contributed by atoms with E-state index in [2.05, 4.69) is 15.3 Å². The van der Waals surface area contributed by atoms with Gasteiger partial charge in [-0.05, 0) is 12.8 Å². The van der Waals surface area contributed by atoms with Gasteiger partial charge in [0.1, 0.15) is 6.33 Å². The van der Waals surface area contributed by atoms with Crippen LogP contribution in [-0.4, -0.2) is 27.1 Å². The van der Waals surface area contributed by atoms with E-state index in [0.717, 1.165) is 6.42 Å². The lowest BCUT2D eigenvalue weighted by Gasteiger charge is -2.17. The second kappa shape index (κ2) is 6.88. The summed E-state index contributed by atoms with van der Waals surface area (Å²) in [4.78, 5) is 18.4. The molecule has 0 spiro atoms. The number of nitrogens with one attached hydrogen (secondary N) is 1. The van der Waals surface area contributed by atoms with E-state index in [1.165, 1.54) is 6.33 Å². The third-order valence-corrected chi connectivity index (χ3v) is 2.60. The van der Waals surface area contributed by atoms with Crippen LogP contribution >= 0.6 is 0 Å². The van der Waals surface area contributed by atoms with Crippen LogP contribution in [0, 0.1) is 5.82 Å². The Morgan fingerprint density at radius 3 is 2.78 bits per heavy atom. The number of hydrogen-bond acceptors (Lipinski definition) is 4. The van der Waals surface area contributed by atoms with Gasteiger partial charge >= 0.3 is 5.97 Å². The van der Waals surface area contributed by atoms with Gasteiger partial charge in [-0.3, -0.25) is 4.79 Å². The molecule has 0 saturated heterocycles. The smallest absolute Gasteiger partial charge is 0.305 e. The fraction of sp³-hybridized carbons (Fsp3) is 0.583. The Bertz CT molecular complexity index is 412. The highest BCUT2D eigenvalue weighted by Gasteiger charge is 2.16. The van der Waals surface area contributed by atoms with Crippen molar-refractivity contribution in [2.75, 3.05) is 5.32 Å². The SMILES string of the molecule is CCCC(CC(=O)O)Nc1ncnc(CC)c1F. The monoisotopic (exact) mass is 255 g/mol. The maximum Gasteiger partial charge on any atom is 0.305 e. The Balaban J connectivity index is 2.82. The fourth-order valence-electron chi connectivity index (χ4n) is 1.73. The lowest BCUT2D eigenvalue weighted by molar-refractivity contribution is -0.137. The molecule has 0 aliphatic carbocycles. The minimum Gasteiger partial charge on any atom is -0.481 e. The second-order valence-corrected chi connectivity index (χ2v) is 4.06. The van der Waals surface area contributed by atoms with Gasteiger partial charge in [0.25, 0.3) is 0 Å². The molecule has 1 heterocycles. The first-order chi connectivity index (χ1) is 8.58. The van der Waals surface area contributed by atoms with Crippen molar-refractivity contribution in [3.8, 4) is 0 Å². The minimum atomic E-state index is -0.911. The van der Waals surface area contributed by atoms with Gasteiger partial charge in [0.15, 0.2) is 11.6 Å². The largest absolute Gasteiger partial charge is 0.481 e. The molecule has 0 saturated carbocycles. The van der Waals surface area contributed by atoms with E-state index in [1.54, 1.807) is 6.92 Å². The lowest BCUT2D eigenvalue weighted by Crippen LogP contribution is -2.24. The number of carbonyl (C=O) groups is 1. The van der Waals surface area contributed by atoms with E-state index in [9.17, 15) is 9.18 Å². The van der Waals surface area contributed by atoms with Gasteiger partial charge in [0.05, 0.1) is 12.1 Å². The highest BCUT2D eigenvalue weighted by atomic mass is 19.1. The Morgan fingerprint density at radius 1 is 1.50 bits per heavy atom. The summed E-state index contributed by atoms with van der Waals surface area (Å²) in [6.07, 6.45) is 3.17. The van der Waals surface area contributed by atoms with Crippen molar-refractivity contribution in [2.45, 2.75) is 45.6 Å². The number of hydrogen-bond donors (Lipinski definition) is 2. The summed E-state index contributed by atoms with van der Waals surface area (Å²) >= 11 is 0. The normalized spacial score (nSPS) is 12.2. The number of halogens is 1. The Labute approximate surface area is 105 Å². The Hall–Kier alpha value is -1.72. The van der Waals surface area contributed by atoms with Crippen molar-refractivity contribution in [1.29, 1.82) is 0 Å². The Kier molecular flexibility index (Phi) is 5.48. The number of carboxylic acid groups (broad SMARTS) is 1. The zero-order valence-electron chi connectivity index (χ0n) is 10.6. The minimum absolute atomic E-state index is 0.0568. The van der Waals surface area contributed by atoms with Crippen molar-refractivity contribution in [1.82, 2.24) is 9.97 Å². The van der Waals surface area contributed by atoms with Gasteiger partial charge in [-0.15, -0.1) is 0 Å². The zero-order chi connectivity index (χ0) is 13.5. The summed E-state index contributed by atoms with van der Waals surface area (Å²) < 4.78 is 13.9. The molecule has 18 heavy (non-hydrogen) atoms. The van der Waals surface area contributed by atoms with E-state index in [-0.39, 0.29) is 18.3 Å². The molecule has 0 bridgehead atoms. The Morgan fingerprint density at radius 2 is 2.22 bits per heavy atom. The van der Waals surface area contributed by atoms with E-state index < -0.39 is 11.8 Å². The van der Waals surface area contributed by atoms with Gasteiger partial charge in [0, 0.05) is 6.04 Å². The maximum atomic E-state index is 13.9. The predicted molar refractivity (Wildman–Crippen MR) is 65.9 cm³/mol. The van der Waals surface area contributed by atoms with Crippen molar-refractivity contribution < 1.29 is 14.3 Å². The predicted octanol–water partition coefficient (Wildman–Crippen LogP) is 2.23. The first-order valence-electron chi connectivity index (χ1n) is 6.06. The average molecular weight is 255 g/mol. The van der Waals surface area contributed by atoms with Crippen LogP contribution in [-0.2, 0) is 11.2 Å². The molecule has 1 aromatic heterocycles. The highest BCUT2D eigenvalue weighted by Crippen LogP contribution is 2.16. The molecule has 6 heteroatoms. The van der Waals surface area contributed by atoms with Crippen LogP contribution < -0.4 is 5.32 Å². The molecule has 2 N–H and O–H groups in total. The van der Waals surface area contributed by atoms with Crippen molar-refractivity contribution in [3.63, 3.8) is 0 Å². The van der Waals surface area contributed by atoms with Crippen LogP contribution in [0.3, 0.4) is 0 Å². The van der Waals surface area contributed by atoms with Crippen LogP contribution in [0.5, 0.6) is 0 Å². The maximum absolute atomic E-state index is 13.9. The number of aromatic nitrogens is 2. The summed E-state index contributed by atoms with van der Waals surface area (Å²) in [5.74, 6) is -1.32. The molecule has 0 radical (unpaired) electrons. The molecule has 1 aromatic rings. The molecule has 0 aromatic carbocycles. The van der Waals surface area contributed by atoms with Crippen molar-refractivity contribution in [3.05, 3.63) is 17.8 Å². The molecular weight excluding hydrogens is 237 g/mol. The number of rotatable bonds is 7. The molecule has 1 atom stereocenters. The molecule has 1 rings (SSSR count). The molecule has 0 fully saturated rings.